The molecular weight excluding hydrogens is 251 g/mol. The second-order valence-corrected chi connectivity index (χ2v) is 5.70. The molecule has 0 aliphatic heterocycles. The molecule has 0 aliphatic carbocycles. The highest BCUT2D eigenvalue weighted by Crippen LogP contribution is 2.11. The Morgan fingerprint density at radius 3 is 2.40 bits per heavy atom. The van der Waals surface area contributed by atoms with Crippen LogP contribution < -0.4 is 0 Å². The normalized spacial score (nSPS) is 12.7. The zero-order chi connectivity index (χ0) is 11.1. The Labute approximate surface area is 103 Å². The molecule has 1 rings (SSSR count). The van der Waals surface area contributed by atoms with Gasteiger partial charge in [-0.3, -0.25) is 4.21 Å². The van der Waals surface area contributed by atoms with E-state index in [1.165, 1.54) is 0 Å². The van der Waals surface area contributed by atoms with E-state index in [0.29, 0.717) is 16.7 Å². The monoisotopic (exact) mass is 264 g/mol. The molecule has 84 valence electrons. The second-order valence-electron chi connectivity index (χ2n) is 3.31. The lowest BCUT2D eigenvalue weighted by atomic mass is 10.2. The Morgan fingerprint density at radius 1 is 1.13 bits per heavy atom. The van der Waals surface area contributed by atoms with Crippen molar-refractivity contribution in [3.63, 3.8) is 0 Å². The van der Waals surface area contributed by atoms with E-state index in [-0.39, 0.29) is 0 Å². The molecule has 0 radical (unpaired) electrons. The van der Waals surface area contributed by atoms with Crippen LogP contribution in [-0.2, 0) is 16.6 Å². The molecule has 1 aromatic rings. The van der Waals surface area contributed by atoms with Crippen LogP contribution in [0.1, 0.15) is 18.4 Å². The largest absolute Gasteiger partial charge is 0.259 e. The van der Waals surface area contributed by atoms with Crippen molar-refractivity contribution in [2.45, 2.75) is 18.6 Å². The van der Waals surface area contributed by atoms with E-state index in [4.69, 9.17) is 23.2 Å². The minimum Gasteiger partial charge on any atom is -0.259 e. The summed E-state index contributed by atoms with van der Waals surface area (Å²) in [5, 5.41) is 0.715. The number of alkyl halides is 1. The maximum Gasteiger partial charge on any atom is 0.0485 e. The van der Waals surface area contributed by atoms with Gasteiger partial charge in [0.25, 0.3) is 0 Å². The molecule has 0 saturated carbocycles. The molecule has 0 fully saturated rings. The third-order valence-corrected chi connectivity index (χ3v) is 3.92. The van der Waals surface area contributed by atoms with Gasteiger partial charge in [-0.2, -0.15) is 0 Å². The molecule has 1 nitrogen and oxygen atoms in total. The lowest BCUT2D eigenvalue weighted by Crippen LogP contribution is -2.01. The number of halogens is 2. The quantitative estimate of drug-likeness (QED) is 0.567. The molecule has 0 bridgehead atoms. The summed E-state index contributed by atoms with van der Waals surface area (Å²) < 4.78 is 11.6. The van der Waals surface area contributed by atoms with Gasteiger partial charge in [-0.05, 0) is 30.5 Å². The van der Waals surface area contributed by atoms with Crippen LogP contribution >= 0.6 is 23.2 Å². The molecule has 0 aliphatic rings. The van der Waals surface area contributed by atoms with Crippen LogP contribution in [-0.4, -0.2) is 15.8 Å². The van der Waals surface area contributed by atoms with E-state index in [1.807, 2.05) is 24.3 Å². The molecule has 4 heteroatoms. The third kappa shape index (κ3) is 5.55. The van der Waals surface area contributed by atoms with E-state index in [2.05, 4.69) is 0 Å². The first kappa shape index (κ1) is 13.0. The van der Waals surface area contributed by atoms with Crippen LogP contribution in [0.4, 0.5) is 0 Å². The number of unbranched alkanes of at least 4 members (excludes halogenated alkanes) is 1. The van der Waals surface area contributed by atoms with Gasteiger partial charge in [-0.1, -0.05) is 23.7 Å². The molecule has 0 N–H and O–H groups in total. The predicted molar refractivity (Wildman–Crippen MR) is 68.1 cm³/mol. The topological polar surface area (TPSA) is 17.1 Å². The Morgan fingerprint density at radius 2 is 1.80 bits per heavy atom. The van der Waals surface area contributed by atoms with Crippen LogP contribution in [0, 0.1) is 0 Å². The molecule has 0 aromatic heterocycles. The fourth-order valence-electron chi connectivity index (χ4n) is 1.20. The lowest BCUT2D eigenvalue weighted by molar-refractivity contribution is 0.679. The van der Waals surface area contributed by atoms with E-state index < -0.39 is 10.8 Å². The SMILES string of the molecule is O=[S@](CCCCCl)Cc1ccc(Cl)cc1. The van der Waals surface area contributed by atoms with Crippen LogP contribution in [0.15, 0.2) is 24.3 Å². The van der Waals surface area contributed by atoms with Crippen LogP contribution in [0.2, 0.25) is 5.02 Å². The van der Waals surface area contributed by atoms with Gasteiger partial charge in [-0.15, -0.1) is 11.6 Å². The van der Waals surface area contributed by atoms with Gasteiger partial charge >= 0.3 is 0 Å². The lowest BCUT2D eigenvalue weighted by Gasteiger charge is -2.02. The van der Waals surface area contributed by atoms with E-state index >= 15 is 0 Å². The zero-order valence-electron chi connectivity index (χ0n) is 8.42. The van der Waals surface area contributed by atoms with E-state index in [9.17, 15) is 4.21 Å². The van der Waals surface area contributed by atoms with Gasteiger partial charge in [-0.25, -0.2) is 0 Å². The number of rotatable bonds is 6. The first-order valence-corrected chi connectivity index (χ1v) is 7.28. The molecule has 0 saturated heterocycles. The summed E-state index contributed by atoms with van der Waals surface area (Å²) in [5.74, 6) is 1.99. The molecule has 0 heterocycles. The average Bonchev–Trinajstić information content (AvgIpc) is 2.22. The minimum absolute atomic E-state index is 0.611. The Balaban J connectivity index is 2.34. The number of hydrogen-bond acceptors (Lipinski definition) is 1. The second kappa shape index (κ2) is 7.26. The molecule has 0 spiro atoms. The third-order valence-electron chi connectivity index (χ3n) is 2.00. The van der Waals surface area contributed by atoms with Crippen molar-refractivity contribution in [1.82, 2.24) is 0 Å². The highest BCUT2D eigenvalue weighted by Gasteiger charge is 2.01. The molecule has 0 unspecified atom stereocenters. The maximum absolute atomic E-state index is 11.6. The summed E-state index contributed by atoms with van der Waals surface area (Å²) in [6.45, 7) is 0. The molecule has 0 amide bonds. The summed E-state index contributed by atoms with van der Waals surface area (Å²) in [6, 6.07) is 7.49. The first-order valence-electron chi connectivity index (χ1n) is 4.88. The smallest absolute Gasteiger partial charge is 0.0485 e. The van der Waals surface area contributed by atoms with Crippen molar-refractivity contribution in [2.75, 3.05) is 11.6 Å². The Hall–Kier alpha value is -0.0500. The van der Waals surface area contributed by atoms with Crippen molar-refractivity contribution in [1.29, 1.82) is 0 Å². The van der Waals surface area contributed by atoms with Gasteiger partial charge in [0.15, 0.2) is 0 Å². The van der Waals surface area contributed by atoms with Gasteiger partial charge in [0, 0.05) is 33.2 Å². The fraction of sp³-hybridized carbons (Fsp3) is 0.455. The fourth-order valence-corrected chi connectivity index (χ4v) is 2.75. The van der Waals surface area contributed by atoms with Crippen LogP contribution in [0.3, 0.4) is 0 Å². The Kier molecular flexibility index (Phi) is 6.30. The molecule has 1 aromatic carbocycles. The summed E-state index contributed by atoms with van der Waals surface area (Å²) >= 11 is 11.3. The summed E-state index contributed by atoms with van der Waals surface area (Å²) in [4.78, 5) is 0. The van der Waals surface area contributed by atoms with Crippen LogP contribution in [0.5, 0.6) is 0 Å². The predicted octanol–water partition coefficient (Wildman–Crippen LogP) is 3.61. The first-order chi connectivity index (χ1) is 7.22. The van der Waals surface area contributed by atoms with Crippen molar-refractivity contribution in [3.05, 3.63) is 34.9 Å². The van der Waals surface area contributed by atoms with Crippen LogP contribution in [0.25, 0.3) is 0 Å². The summed E-state index contributed by atoms with van der Waals surface area (Å²) in [7, 11) is -0.781. The summed E-state index contributed by atoms with van der Waals surface area (Å²) in [5.41, 5.74) is 1.07. The maximum atomic E-state index is 11.6. The average molecular weight is 265 g/mol. The van der Waals surface area contributed by atoms with E-state index in [0.717, 1.165) is 24.2 Å². The summed E-state index contributed by atoms with van der Waals surface area (Å²) in [6.07, 6.45) is 1.87. The number of hydrogen-bond donors (Lipinski definition) is 0. The van der Waals surface area contributed by atoms with Gasteiger partial charge in [0.2, 0.25) is 0 Å². The van der Waals surface area contributed by atoms with Gasteiger partial charge in [0.05, 0.1) is 0 Å². The molecule has 1 atom stereocenters. The van der Waals surface area contributed by atoms with Crippen molar-refractivity contribution in [2.24, 2.45) is 0 Å². The van der Waals surface area contributed by atoms with Gasteiger partial charge < -0.3 is 0 Å². The minimum atomic E-state index is -0.781. The van der Waals surface area contributed by atoms with Gasteiger partial charge in [0.1, 0.15) is 0 Å². The molecule has 15 heavy (non-hydrogen) atoms. The number of benzene rings is 1. The highest BCUT2D eigenvalue weighted by molar-refractivity contribution is 7.84. The van der Waals surface area contributed by atoms with Crippen molar-refractivity contribution < 1.29 is 4.21 Å². The molecular formula is C11H14Cl2OS. The standard InChI is InChI=1S/C11H14Cl2OS/c12-7-1-2-8-15(14)9-10-3-5-11(13)6-4-10/h3-6H,1-2,7-9H2/t15-/m1/s1. The zero-order valence-corrected chi connectivity index (χ0v) is 10.7. The Bertz CT molecular complexity index is 311. The van der Waals surface area contributed by atoms with E-state index in [1.54, 1.807) is 0 Å². The van der Waals surface area contributed by atoms with Crippen molar-refractivity contribution in [3.8, 4) is 0 Å². The highest BCUT2D eigenvalue weighted by atomic mass is 35.5. The van der Waals surface area contributed by atoms with Crippen molar-refractivity contribution >= 4 is 34.0 Å².